The largest absolute Gasteiger partial charge is 0.318 e. The highest BCUT2D eigenvalue weighted by Crippen LogP contribution is 2.35. The zero-order valence-corrected chi connectivity index (χ0v) is 17.4. The molecule has 0 unspecified atom stereocenters. The van der Waals surface area contributed by atoms with Crippen molar-refractivity contribution in [3.63, 3.8) is 0 Å². The number of carbonyl (C=O) groups is 2. The molecule has 0 aliphatic carbocycles. The standard InChI is InChI=1S/C22H26N2O2S/c1-6-14(3)24-21(25)20(27-22(24)26)13-18-12-15(4)23(16(18)5)19-10-8-17(7-2)9-11-19/h8-14H,6-7H2,1-5H3/b20-13+/t14-/m0/s1. The van der Waals surface area contributed by atoms with Gasteiger partial charge in [-0.05, 0) is 80.8 Å². The molecule has 1 fully saturated rings. The molecule has 5 heteroatoms. The number of carbonyl (C=O) groups excluding carboxylic acids is 2. The van der Waals surface area contributed by atoms with E-state index in [2.05, 4.69) is 48.7 Å². The van der Waals surface area contributed by atoms with Gasteiger partial charge in [0.05, 0.1) is 4.91 Å². The Kier molecular flexibility index (Phi) is 5.61. The summed E-state index contributed by atoms with van der Waals surface area (Å²) >= 11 is 1.03. The zero-order chi connectivity index (χ0) is 19.7. The number of aryl methyl sites for hydroxylation is 2. The number of benzene rings is 1. The monoisotopic (exact) mass is 382 g/mol. The maximum atomic E-state index is 12.7. The SMILES string of the molecule is CCc1ccc(-n2c(C)cc(/C=C3/SC(=O)N([C@@H](C)CC)C3=O)c2C)cc1. The third-order valence-electron chi connectivity index (χ3n) is 5.21. The molecule has 3 rings (SSSR count). The highest BCUT2D eigenvalue weighted by atomic mass is 32.2. The first-order valence-corrected chi connectivity index (χ1v) is 10.2. The average Bonchev–Trinajstić information content (AvgIpc) is 3.10. The van der Waals surface area contributed by atoms with E-state index in [9.17, 15) is 9.59 Å². The lowest BCUT2D eigenvalue weighted by atomic mass is 10.1. The molecular weight excluding hydrogens is 356 g/mol. The number of amides is 2. The summed E-state index contributed by atoms with van der Waals surface area (Å²) < 4.78 is 2.18. The van der Waals surface area contributed by atoms with E-state index < -0.39 is 0 Å². The van der Waals surface area contributed by atoms with Gasteiger partial charge in [0, 0.05) is 23.1 Å². The van der Waals surface area contributed by atoms with Crippen molar-refractivity contribution in [2.75, 3.05) is 0 Å². The van der Waals surface area contributed by atoms with E-state index in [1.807, 2.05) is 26.8 Å². The molecule has 2 heterocycles. The van der Waals surface area contributed by atoms with Gasteiger partial charge in [0.25, 0.3) is 11.1 Å². The number of imide groups is 1. The van der Waals surface area contributed by atoms with Crippen molar-refractivity contribution in [1.29, 1.82) is 0 Å². The van der Waals surface area contributed by atoms with E-state index in [1.54, 1.807) is 0 Å². The molecule has 4 nitrogen and oxygen atoms in total. The predicted octanol–water partition coefficient (Wildman–Crippen LogP) is 5.49. The van der Waals surface area contributed by atoms with Crippen LogP contribution in [0.25, 0.3) is 11.8 Å². The summed E-state index contributed by atoms with van der Waals surface area (Å²) in [6.07, 6.45) is 3.63. The van der Waals surface area contributed by atoms with Gasteiger partial charge in [0.1, 0.15) is 0 Å². The fourth-order valence-corrected chi connectivity index (χ4v) is 4.32. The number of thioether (sulfide) groups is 1. The highest BCUT2D eigenvalue weighted by Gasteiger charge is 2.37. The van der Waals surface area contributed by atoms with Crippen LogP contribution in [0.15, 0.2) is 35.2 Å². The van der Waals surface area contributed by atoms with Crippen LogP contribution in [-0.4, -0.2) is 26.7 Å². The third-order valence-corrected chi connectivity index (χ3v) is 6.10. The Morgan fingerprint density at radius 2 is 1.78 bits per heavy atom. The smallest absolute Gasteiger partial charge is 0.293 e. The molecular formula is C22H26N2O2S. The minimum atomic E-state index is -0.184. The average molecular weight is 383 g/mol. The molecule has 1 aliphatic rings. The maximum absolute atomic E-state index is 12.7. The molecule has 2 aromatic rings. The first-order valence-electron chi connectivity index (χ1n) is 9.42. The molecule has 0 N–H and O–H groups in total. The summed E-state index contributed by atoms with van der Waals surface area (Å²) in [4.78, 5) is 26.8. The Labute approximate surface area is 165 Å². The van der Waals surface area contributed by atoms with Crippen LogP contribution >= 0.6 is 11.8 Å². The van der Waals surface area contributed by atoms with Crippen molar-refractivity contribution in [2.24, 2.45) is 0 Å². The number of nitrogens with zero attached hydrogens (tertiary/aromatic N) is 2. The van der Waals surface area contributed by atoms with Crippen molar-refractivity contribution in [1.82, 2.24) is 9.47 Å². The van der Waals surface area contributed by atoms with E-state index in [-0.39, 0.29) is 17.2 Å². The number of hydrogen-bond donors (Lipinski definition) is 0. The Morgan fingerprint density at radius 1 is 1.11 bits per heavy atom. The quantitative estimate of drug-likeness (QED) is 0.642. The summed E-state index contributed by atoms with van der Waals surface area (Å²) in [7, 11) is 0. The Balaban J connectivity index is 1.96. The Hall–Kier alpha value is -2.27. The molecule has 0 radical (unpaired) electrons. The normalized spacial score (nSPS) is 17.2. The van der Waals surface area contributed by atoms with Crippen molar-refractivity contribution < 1.29 is 9.59 Å². The predicted molar refractivity (Wildman–Crippen MR) is 112 cm³/mol. The number of rotatable bonds is 5. The summed E-state index contributed by atoms with van der Waals surface area (Å²) in [5.41, 5.74) is 5.55. The summed E-state index contributed by atoms with van der Waals surface area (Å²) in [5, 5.41) is -0.176. The van der Waals surface area contributed by atoms with Crippen molar-refractivity contribution in [3.8, 4) is 5.69 Å². The molecule has 1 aliphatic heterocycles. The summed E-state index contributed by atoms with van der Waals surface area (Å²) in [5.74, 6) is -0.184. The molecule has 1 atom stereocenters. The van der Waals surface area contributed by atoms with Crippen LogP contribution in [-0.2, 0) is 11.2 Å². The number of aromatic nitrogens is 1. The van der Waals surface area contributed by atoms with Crippen LogP contribution in [0.1, 0.15) is 49.7 Å². The zero-order valence-electron chi connectivity index (χ0n) is 16.6. The van der Waals surface area contributed by atoms with E-state index in [0.717, 1.165) is 47.2 Å². The van der Waals surface area contributed by atoms with Crippen LogP contribution in [0, 0.1) is 13.8 Å². The highest BCUT2D eigenvalue weighted by molar-refractivity contribution is 8.18. The first kappa shape index (κ1) is 19.5. The van der Waals surface area contributed by atoms with Crippen LogP contribution in [0.5, 0.6) is 0 Å². The second-order valence-electron chi connectivity index (χ2n) is 6.99. The fraction of sp³-hybridized carbons (Fsp3) is 0.364. The van der Waals surface area contributed by atoms with Gasteiger partial charge in [0.15, 0.2) is 0 Å². The molecule has 1 aromatic heterocycles. The topological polar surface area (TPSA) is 42.3 Å². The van der Waals surface area contributed by atoms with Gasteiger partial charge >= 0.3 is 0 Å². The minimum absolute atomic E-state index is 0.0760. The van der Waals surface area contributed by atoms with Gasteiger partial charge in [-0.1, -0.05) is 26.0 Å². The Morgan fingerprint density at radius 3 is 2.37 bits per heavy atom. The van der Waals surface area contributed by atoms with Gasteiger partial charge in [-0.25, -0.2) is 0 Å². The van der Waals surface area contributed by atoms with Gasteiger partial charge in [-0.3, -0.25) is 14.5 Å². The molecule has 27 heavy (non-hydrogen) atoms. The van der Waals surface area contributed by atoms with Crippen LogP contribution in [0.3, 0.4) is 0 Å². The van der Waals surface area contributed by atoms with Crippen LogP contribution in [0.2, 0.25) is 0 Å². The lowest BCUT2D eigenvalue weighted by molar-refractivity contribution is -0.124. The molecule has 0 spiro atoms. The van der Waals surface area contributed by atoms with Crippen molar-refractivity contribution in [3.05, 3.63) is 57.8 Å². The van der Waals surface area contributed by atoms with E-state index >= 15 is 0 Å². The molecule has 0 bridgehead atoms. The molecule has 0 saturated carbocycles. The molecule has 142 valence electrons. The van der Waals surface area contributed by atoms with Crippen molar-refractivity contribution >= 4 is 29.0 Å². The molecule has 1 aromatic carbocycles. The second-order valence-corrected chi connectivity index (χ2v) is 7.98. The van der Waals surface area contributed by atoms with E-state index in [4.69, 9.17) is 0 Å². The molecule has 2 amide bonds. The maximum Gasteiger partial charge on any atom is 0.293 e. The minimum Gasteiger partial charge on any atom is -0.318 e. The van der Waals surface area contributed by atoms with E-state index in [0.29, 0.717) is 4.91 Å². The Bertz CT molecular complexity index is 909. The van der Waals surface area contributed by atoms with Crippen molar-refractivity contribution in [2.45, 2.75) is 53.5 Å². The van der Waals surface area contributed by atoms with Gasteiger partial charge < -0.3 is 4.57 Å². The summed E-state index contributed by atoms with van der Waals surface area (Å²) in [6.45, 7) is 10.1. The number of hydrogen-bond acceptors (Lipinski definition) is 3. The lowest BCUT2D eigenvalue weighted by Gasteiger charge is -2.19. The van der Waals surface area contributed by atoms with Gasteiger partial charge in [-0.15, -0.1) is 0 Å². The third kappa shape index (κ3) is 3.61. The second kappa shape index (κ2) is 7.77. The van der Waals surface area contributed by atoms with E-state index in [1.165, 1.54) is 10.5 Å². The first-order chi connectivity index (χ1) is 12.9. The lowest BCUT2D eigenvalue weighted by Crippen LogP contribution is -2.36. The van der Waals surface area contributed by atoms with Gasteiger partial charge in [0.2, 0.25) is 0 Å². The fourth-order valence-electron chi connectivity index (χ4n) is 3.40. The van der Waals surface area contributed by atoms with Crippen LogP contribution in [0.4, 0.5) is 4.79 Å². The van der Waals surface area contributed by atoms with Crippen LogP contribution < -0.4 is 0 Å². The summed E-state index contributed by atoms with van der Waals surface area (Å²) in [6, 6.07) is 10.5. The molecule has 1 saturated heterocycles. The van der Waals surface area contributed by atoms with Gasteiger partial charge in [-0.2, -0.15) is 0 Å².